The van der Waals surface area contributed by atoms with Crippen molar-refractivity contribution in [3.05, 3.63) is 65.5 Å². The molecule has 0 bridgehead atoms. The third-order valence-electron chi connectivity index (χ3n) is 3.66. The molecule has 0 saturated carbocycles. The van der Waals surface area contributed by atoms with Gasteiger partial charge < -0.3 is 20.7 Å². The second-order valence-electron chi connectivity index (χ2n) is 5.43. The maximum atomic E-state index is 13.6. The zero-order chi connectivity index (χ0) is 18.8. The highest BCUT2D eigenvalue weighted by molar-refractivity contribution is 14.0. The Morgan fingerprint density at radius 3 is 2.52 bits per heavy atom. The molecule has 2 aromatic rings. The molecule has 0 unspecified atom stereocenters. The molecule has 146 valence electrons. The van der Waals surface area contributed by atoms with Gasteiger partial charge in [0.15, 0.2) is 5.96 Å². The summed E-state index contributed by atoms with van der Waals surface area (Å²) >= 11 is 0. The number of carbonyl (C=O) groups is 1. The van der Waals surface area contributed by atoms with Crippen molar-refractivity contribution in [3.8, 4) is 5.75 Å². The third kappa shape index (κ3) is 7.41. The Labute approximate surface area is 175 Å². The number of benzene rings is 2. The zero-order valence-electron chi connectivity index (χ0n) is 15.3. The number of hydrogen-bond donors (Lipinski definition) is 3. The summed E-state index contributed by atoms with van der Waals surface area (Å²) in [5, 5.41) is 8.91. The number of ether oxygens (including phenoxy) is 1. The number of methoxy groups -OCH3 is 1. The van der Waals surface area contributed by atoms with Gasteiger partial charge in [-0.3, -0.25) is 9.79 Å². The minimum absolute atomic E-state index is 0. The molecule has 6 nitrogen and oxygen atoms in total. The van der Waals surface area contributed by atoms with Crippen molar-refractivity contribution < 1.29 is 13.9 Å². The minimum atomic E-state index is -0.263. The van der Waals surface area contributed by atoms with E-state index >= 15 is 0 Å². The van der Waals surface area contributed by atoms with E-state index in [9.17, 15) is 9.18 Å². The summed E-state index contributed by atoms with van der Waals surface area (Å²) in [6, 6.07) is 13.5. The van der Waals surface area contributed by atoms with Crippen LogP contribution in [0.2, 0.25) is 0 Å². The lowest BCUT2D eigenvalue weighted by Crippen LogP contribution is -2.41. The highest BCUT2D eigenvalue weighted by atomic mass is 127. The molecule has 2 rings (SSSR count). The van der Waals surface area contributed by atoms with Gasteiger partial charge in [-0.15, -0.1) is 24.0 Å². The number of amides is 1. The first-order valence-corrected chi connectivity index (χ1v) is 8.24. The van der Waals surface area contributed by atoms with Crippen LogP contribution in [0, 0.1) is 5.82 Å². The molecule has 0 spiro atoms. The number of hydrogen-bond acceptors (Lipinski definition) is 3. The molecule has 0 aliphatic carbocycles. The standard InChI is InChI=1S/C19H23FN4O2.HI/c1-21-19(24-13-15-6-3-4-9-17(15)20)23-11-10-22-18(25)14-7-5-8-16(12-14)26-2;/h3-9,12H,10-11,13H2,1-2H3,(H,22,25)(H2,21,23,24);1H. The van der Waals surface area contributed by atoms with E-state index in [-0.39, 0.29) is 35.7 Å². The molecule has 0 fully saturated rings. The van der Waals surface area contributed by atoms with Crippen LogP contribution >= 0.6 is 24.0 Å². The Balaban J connectivity index is 0.00000364. The van der Waals surface area contributed by atoms with Gasteiger partial charge in [-0.2, -0.15) is 0 Å². The molecule has 0 aromatic heterocycles. The normalized spacial score (nSPS) is 10.6. The smallest absolute Gasteiger partial charge is 0.251 e. The number of halogens is 2. The Morgan fingerprint density at radius 1 is 1.07 bits per heavy atom. The van der Waals surface area contributed by atoms with Gasteiger partial charge in [-0.25, -0.2) is 4.39 Å². The van der Waals surface area contributed by atoms with Gasteiger partial charge in [-0.1, -0.05) is 24.3 Å². The summed E-state index contributed by atoms with van der Waals surface area (Å²) in [6.45, 7) is 1.21. The van der Waals surface area contributed by atoms with E-state index < -0.39 is 0 Å². The lowest BCUT2D eigenvalue weighted by Gasteiger charge is -2.13. The molecule has 1 amide bonds. The lowest BCUT2D eigenvalue weighted by atomic mass is 10.2. The number of carbonyl (C=O) groups excluding carboxylic acids is 1. The van der Waals surface area contributed by atoms with Crippen LogP contribution in [0.4, 0.5) is 4.39 Å². The van der Waals surface area contributed by atoms with Crippen molar-refractivity contribution in [1.29, 1.82) is 0 Å². The van der Waals surface area contributed by atoms with E-state index in [0.29, 0.717) is 42.5 Å². The van der Waals surface area contributed by atoms with Gasteiger partial charge in [0.25, 0.3) is 5.91 Å². The molecule has 2 aromatic carbocycles. The summed E-state index contributed by atoms with van der Waals surface area (Å²) in [6.07, 6.45) is 0. The van der Waals surface area contributed by atoms with Crippen molar-refractivity contribution in [1.82, 2.24) is 16.0 Å². The van der Waals surface area contributed by atoms with E-state index in [2.05, 4.69) is 20.9 Å². The average molecular weight is 486 g/mol. The number of rotatable bonds is 7. The molecular weight excluding hydrogens is 462 g/mol. The first kappa shape index (κ1) is 22.7. The van der Waals surface area contributed by atoms with Crippen LogP contribution in [0.3, 0.4) is 0 Å². The van der Waals surface area contributed by atoms with E-state index in [1.807, 2.05) is 0 Å². The quantitative estimate of drug-likeness (QED) is 0.244. The fourth-order valence-electron chi connectivity index (χ4n) is 2.26. The first-order valence-electron chi connectivity index (χ1n) is 8.24. The minimum Gasteiger partial charge on any atom is -0.497 e. The first-order chi connectivity index (χ1) is 12.6. The lowest BCUT2D eigenvalue weighted by molar-refractivity contribution is 0.0954. The Morgan fingerprint density at radius 2 is 1.81 bits per heavy atom. The largest absolute Gasteiger partial charge is 0.497 e. The summed E-state index contributed by atoms with van der Waals surface area (Å²) in [5.74, 6) is 0.721. The second-order valence-corrected chi connectivity index (χ2v) is 5.43. The average Bonchev–Trinajstić information content (AvgIpc) is 2.68. The van der Waals surface area contributed by atoms with Gasteiger partial charge in [0.1, 0.15) is 11.6 Å². The fraction of sp³-hybridized carbons (Fsp3) is 0.263. The number of nitrogens with one attached hydrogen (secondary N) is 3. The van der Waals surface area contributed by atoms with Crippen LogP contribution in [0.5, 0.6) is 5.75 Å². The summed E-state index contributed by atoms with van der Waals surface area (Å²) in [4.78, 5) is 16.2. The van der Waals surface area contributed by atoms with Gasteiger partial charge in [0.2, 0.25) is 0 Å². The van der Waals surface area contributed by atoms with E-state index in [1.165, 1.54) is 6.07 Å². The topological polar surface area (TPSA) is 74.8 Å². The Bertz CT molecular complexity index is 771. The molecule has 0 atom stereocenters. The molecule has 0 aliphatic heterocycles. The predicted octanol–water partition coefficient (Wildman–Crippen LogP) is 2.55. The highest BCUT2D eigenvalue weighted by Crippen LogP contribution is 2.12. The highest BCUT2D eigenvalue weighted by Gasteiger charge is 2.06. The van der Waals surface area contributed by atoms with Crippen molar-refractivity contribution in [2.75, 3.05) is 27.2 Å². The Kier molecular flexibility index (Phi) is 10.2. The van der Waals surface area contributed by atoms with Crippen LogP contribution in [-0.4, -0.2) is 39.1 Å². The summed E-state index contributed by atoms with van der Waals surface area (Å²) in [7, 11) is 3.19. The van der Waals surface area contributed by atoms with Crippen molar-refractivity contribution in [2.45, 2.75) is 6.54 Å². The van der Waals surface area contributed by atoms with Gasteiger partial charge in [-0.05, 0) is 24.3 Å². The van der Waals surface area contributed by atoms with Crippen LogP contribution < -0.4 is 20.7 Å². The van der Waals surface area contributed by atoms with Crippen LogP contribution in [-0.2, 0) is 6.54 Å². The second kappa shape index (κ2) is 12.1. The third-order valence-corrected chi connectivity index (χ3v) is 3.66. The summed E-state index contributed by atoms with van der Waals surface area (Å²) in [5.41, 5.74) is 1.09. The molecule has 0 heterocycles. The SMILES string of the molecule is CN=C(NCCNC(=O)c1cccc(OC)c1)NCc1ccccc1F.I. The zero-order valence-corrected chi connectivity index (χ0v) is 17.6. The molecule has 0 saturated heterocycles. The number of nitrogens with zero attached hydrogens (tertiary/aromatic N) is 1. The van der Waals surface area contributed by atoms with Crippen molar-refractivity contribution in [2.24, 2.45) is 4.99 Å². The van der Waals surface area contributed by atoms with Gasteiger partial charge in [0, 0.05) is 37.8 Å². The molecule has 8 heteroatoms. The molecule has 0 radical (unpaired) electrons. The summed E-state index contributed by atoms with van der Waals surface area (Å²) < 4.78 is 18.7. The number of aliphatic imine (C=N–C) groups is 1. The molecular formula is C19H24FIN4O2. The monoisotopic (exact) mass is 486 g/mol. The van der Waals surface area contributed by atoms with Gasteiger partial charge >= 0.3 is 0 Å². The molecule has 3 N–H and O–H groups in total. The van der Waals surface area contributed by atoms with Crippen LogP contribution in [0.25, 0.3) is 0 Å². The number of guanidine groups is 1. The van der Waals surface area contributed by atoms with Crippen LogP contribution in [0.1, 0.15) is 15.9 Å². The maximum absolute atomic E-state index is 13.6. The fourth-order valence-corrected chi connectivity index (χ4v) is 2.26. The Hall–Kier alpha value is -2.36. The van der Waals surface area contributed by atoms with E-state index in [4.69, 9.17) is 4.74 Å². The van der Waals surface area contributed by atoms with E-state index in [1.54, 1.807) is 56.6 Å². The molecule has 0 aliphatic rings. The maximum Gasteiger partial charge on any atom is 0.251 e. The van der Waals surface area contributed by atoms with Crippen molar-refractivity contribution >= 4 is 35.8 Å². The van der Waals surface area contributed by atoms with E-state index in [0.717, 1.165) is 0 Å². The van der Waals surface area contributed by atoms with Gasteiger partial charge in [0.05, 0.1) is 7.11 Å². The molecule has 27 heavy (non-hydrogen) atoms. The van der Waals surface area contributed by atoms with Crippen LogP contribution in [0.15, 0.2) is 53.5 Å². The predicted molar refractivity (Wildman–Crippen MR) is 115 cm³/mol. The van der Waals surface area contributed by atoms with Crippen molar-refractivity contribution in [3.63, 3.8) is 0 Å².